The molecule has 1 aromatic heterocycles. The molecule has 4 rings (SSSR count). The minimum Gasteiger partial charge on any atom is -0.431 e. The molecule has 152 valence electrons. The van der Waals surface area contributed by atoms with Crippen molar-refractivity contribution in [2.75, 3.05) is 26.2 Å². The first-order chi connectivity index (χ1) is 14.3. The molecule has 1 saturated heterocycles. The Morgan fingerprint density at radius 2 is 1.90 bits per heavy atom. The Bertz CT molecular complexity index is 906. The lowest BCUT2D eigenvalue weighted by atomic mass is 10.1. The van der Waals surface area contributed by atoms with Crippen molar-refractivity contribution in [2.24, 2.45) is 0 Å². The maximum Gasteiger partial charge on any atom is 0.279 e. The molecule has 29 heavy (non-hydrogen) atoms. The number of hydrogen-bond donors (Lipinski definition) is 1. The largest absolute Gasteiger partial charge is 0.431 e. The molecule has 1 N–H and O–H groups in total. The van der Waals surface area contributed by atoms with Gasteiger partial charge in [0.1, 0.15) is 5.75 Å². The Hall–Kier alpha value is -2.44. The summed E-state index contributed by atoms with van der Waals surface area (Å²) in [5.74, 6) is 1.14. The zero-order chi connectivity index (χ0) is 19.9. The predicted octanol–water partition coefficient (Wildman–Crippen LogP) is 4.62. The van der Waals surface area contributed by atoms with Crippen LogP contribution >= 0.6 is 11.3 Å². The Morgan fingerprint density at radius 1 is 1.07 bits per heavy atom. The number of likely N-dealkylation sites (tertiary alicyclic amines) is 1. The quantitative estimate of drug-likeness (QED) is 0.496. The van der Waals surface area contributed by atoms with Gasteiger partial charge in [-0.15, -0.1) is 0 Å². The van der Waals surface area contributed by atoms with Gasteiger partial charge in [0.15, 0.2) is 0 Å². The SMILES string of the molecule is O=C1CCCN1CCCNCCCc1ccc(Oc2nc3ccccc3s2)cc1. The fraction of sp³-hybridized carbons (Fsp3) is 0.391. The third-order valence-corrected chi connectivity index (χ3v) is 6.09. The van der Waals surface area contributed by atoms with Crippen molar-refractivity contribution in [1.29, 1.82) is 0 Å². The molecule has 2 heterocycles. The number of nitrogens with zero attached hydrogens (tertiary/aromatic N) is 2. The molecule has 0 atom stereocenters. The van der Waals surface area contributed by atoms with Crippen LogP contribution in [0.4, 0.5) is 0 Å². The highest BCUT2D eigenvalue weighted by Gasteiger charge is 2.18. The maximum absolute atomic E-state index is 11.6. The van der Waals surface area contributed by atoms with E-state index in [1.54, 1.807) is 11.3 Å². The summed E-state index contributed by atoms with van der Waals surface area (Å²) in [5, 5.41) is 4.16. The summed E-state index contributed by atoms with van der Waals surface area (Å²) in [4.78, 5) is 18.1. The highest BCUT2D eigenvalue weighted by atomic mass is 32.1. The smallest absolute Gasteiger partial charge is 0.279 e. The van der Waals surface area contributed by atoms with E-state index in [0.717, 1.165) is 74.2 Å². The van der Waals surface area contributed by atoms with Crippen LogP contribution in [0.25, 0.3) is 10.2 Å². The van der Waals surface area contributed by atoms with Crippen LogP contribution in [0.3, 0.4) is 0 Å². The van der Waals surface area contributed by atoms with Crippen molar-refractivity contribution in [3.8, 4) is 10.9 Å². The highest BCUT2D eigenvalue weighted by Crippen LogP contribution is 2.31. The second-order valence-corrected chi connectivity index (χ2v) is 8.38. The molecule has 1 aliphatic rings. The number of para-hydroxylation sites is 1. The number of aryl methyl sites for hydroxylation is 1. The van der Waals surface area contributed by atoms with E-state index in [4.69, 9.17) is 4.74 Å². The molecule has 1 fully saturated rings. The van der Waals surface area contributed by atoms with Crippen molar-refractivity contribution in [1.82, 2.24) is 15.2 Å². The molecule has 0 saturated carbocycles. The second kappa shape index (κ2) is 9.85. The Labute approximate surface area is 175 Å². The van der Waals surface area contributed by atoms with E-state index in [1.165, 1.54) is 5.56 Å². The predicted molar refractivity (Wildman–Crippen MR) is 118 cm³/mol. The van der Waals surface area contributed by atoms with Gasteiger partial charge in [-0.2, -0.15) is 0 Å². The molecule has 2 aromatic carbocycles. The molecule has 0 aliphatic carbocycles. The number of nitrogens with one attached hydrogen (secondary N) is 1. The van der Waals surface area contributed by atoms with Gasteiger partial charge in [0.05, 0.1) is 10.2 Å². The lowest BCUT2D eigenvalue weighted by Gasteiger charge is -2.15. The number of benzene rings is 2. The lowest BCUT2D eigenvalue weighted by Crippen LogP contribution is -2.28. The Kier molecular flexibility index (Phi) is 6.75. The van der Waals surface area contributed by atoms with Crippen molar-refractivity contribution in [3.63, 3.8) is 0 Å². The fourth-order valence-corrected chi connectivity index (χ4v) is 4.43. The number of rotatable bonds is 10. The number of hydrogen-bond acceptors (Lipinski definition) is 5. The van der Waals surface area contributed by atoms with Crippen molar-refractivity contribution in [3.05, 3.63) is 54.1 Å². The zero-order valence-electron chi connectivity index (χ0n) is 16.6. The molecule has 6 heteroatoms. The summed E-state index contributed by atoms with van der Waals surface area (Å²) in [5.41, 5.74) is 2.29. The molecule has 0 unspecified atom stereocenters. The lowest BCUT2D eigenvalue weighted by molar-refractivity contribution is -0.127. The first kappa shape index (κ1) is 19.9. The summed E-state index contributed by atoms with van der Waals surface area (Å²) in [6.07, 6.45) is 4.93. The molecule has 1 amide bonds. The topological polar surface area (TPSA) is 54.5 Å². The number of carbonyl (C=O) groups excluding carboxylic acids is 1. The van der Waals surface area contributed by atoms with Crippen LogP contribution in [0, 0.1) is 0 Å². The van der Waals surface area contributed by atoms with Gasteiger partial charge in [-0.1, -0.05) is 35.6 Å². The number of carbonyl (C=O) groups is 1. The van der Waals surface area contributed by atoms with E-state index in [9.17, 15) is 4.79 Å². The average Bonchev–Trinajstić information content (AvgIpc) is 3.33. The number of fused-ring (bicyclic) bond motifs is 1. The van der Waals surface area contributed by atoms with E-state index in [2.05, 4.69) is 28.5 Å². The molecular formula is C23H27N3O2S. The van der Waals surface area contributed by atoms with Crippen LogP contribution in [-0.4, -0.2) is 42.0 Å². The third-order valence-electron chi connectivity index (χ3n) is 5.17. The molecule has 0 spiro atoms. The molecule has 3 aromatic rings. The van der Waals surface area contributed by atoms with Gasteiger partial charge in [-0.3, -0.25) is 4.79 Å². The van der Waals surface area contributed by atoms with Crippen molar-refractivity contribution >= 4 is 27.5 Å². The third kappa shape index (κ3) is 5.55. The molecule has 1 aliphatic heterocycles. The summed E-state index contributed by atoms with van der Waals surface area (Å²) in [6, 6.07) is 16.4. The highest BCUT2D eigenvalue weighted by molar-refractivity contribution is 7.20. The number of thiazole rings is 1. The van der Waals surface area contributed by atoms with E-state index in [-0.39, 0.29) is 0 Å². The van der Waals surface area contributed by atoms with E-state index < -0.39 is 0 Å². The minimum absolute atomic E-state index is 0.320. The molecule has 0 radical (unpaired) electrons. The Morgan fingerprint density at radius 3 is 2.69 bits per heavy atom. The van der Waals surface area contributed by atoms with E-state index >= 15 is 0 Å². The standard InChI is InChI=1S/C23H27N3O2S/c27-22-9-4-16-26(22)17-5-15-24-14-3-6-18-10-12-19(13-11-18)28-23-25-20-7-1-2-8-21(20)29-23/h1-2,7-8,10-13,24H,3-6,9,14-17H2. The van der Waals surface area contributed by atoms with E-state index in [0.29, 0.717) is 11.1 Å². The number of aromatic nitrogens is 1. The van der Waals surface area contributed by atoms with Crippen LogP contribution in [-0.2, 0) is 11.2 Å². The minimum atomic E-state index is 0.320. The Balaban J connectivity index is 1.14. The van der Waals surface area contributed by atoms with E-state index in [1.807, 2.05) is 35.2 Å². The summed E-state index contributed by atoms with van der Waals surface area (Å²) in [6.45, 7) is 3.80. The molecule has 5 nitrogen and oxygen atoms in total. The van der Waals surface area contributed by atoms with Gasteiger partial charge in [0.25, 0.3) is 5.19 Å². The van der Waals surface area contributed by atoms with Crippen LogP contribution in [0.1, 0.15) is 31.2 Å². The van der Waals surface area contributed by atoms with Gasteiger partial charge in [-0.25, -0.2) is 4.98 Å². The maximum atomic E-state index is 11.6. The van der Waals surface area contributed by atoms with Crippen molar-refractivity contribution < 1.29 is 9.53 Å². The monoisotopic (exact) mass is 409 g/mol. The van der Waals surface area contributed by atoms with Gasteiger partial charge < -0.3 is 15.0 Å². The molecular weight excluding hydrogens is 382 g/mol. The average molecular weight is 410 g/mol. The summed E-state index contributed by atoms with van der Waals surface area (Å²) in [7, 11) is 0. The summed E-state index contributed by atoms with van der Waals surface area (Å²) >= 11 is 1.56. The first-order valence-electron chi connectivity index (χ1n) is 10.4. The number of ether oxygens (including phenoxy) is 1. The van der Waals surface area contributed by atoms with Gasteiger partial charge in [0.2, 0.25) is 5.91 Å². The number of amides is 1. The van der Waals surface area contributed by atoms with Gasteiger partial charge >= 0.3 is 0 Å². The summed E-state index contributed by atoms with van der Waals surface area (Å²) < 4.78 is 7.04. The molecule has 0 bridgehead atoms. The van der Waals surface area contributed by atoms with Crippen molar-refractivity contribution in [2.45, 2.75) is 32.1 Å². The zero-order valence-corrected chi connectivity index (χ0v) is 17.4. The first-order valence-corrected chi connectivity index (χ1v) is 11.2. The van der Waals surface area contributed by atoms with Crippen LogP contribution in [0.2, 0.25) is 0 Å². The van der Waals surface area contributed by atoms with Gasteiger partial charge in [0, 0.05) is 19.5 Å². The fourth-order valence-electron chi connectivity index (χ4n) is 3.60. The second-order valence-electron chi connectivity index (χ2n) is 7.38. The van der Waals surface area contributed by atoms with Crippen LogP contribution in [0.5, 0.6) is 10.9 Å². The van der Waals surface area contributed by atoms with Crippen LogP contribution in [0.15, 0.2) is 48.5 Å². The normalized spacial score (nSPS) is 14.1. The van der Waals surface area contributed by atoms with Gasteiger partial charge in [-0.05, 0) is 68.6 Å². The van der Waals surface area contributed by atoms with Crippen LogP contribution < -0.4 is 10.1 Å².